The molecule has 1 saturated carbocycles. The van der Waals surface area contributed by atoms with Crippen molar-refractivity contribution in [1.82, 2.24) is 5.32 Å². The van der Waals surface area contributed by atoms with Gasteiger partial charge in [-0.25, -0.2) is 4.39 Å². The molecule has 0 radical (unpaired) electrons. The molecule has 3 N–H and O–H groups in total. The zero-order chi connectivity index (χ0) is 13.1. The normalized spacial score (nSPS) is 22.1. The van der Waals surface area contributed by atoms with Crippen molar-refractivity contribution in [2.45, 2.75) is 18.8 Å². The summed E-state index contributed by atoms with van der Waals surface area (Å²) < 4.78 is 13.0. The molecular weight excluding hydrogens is 235 g/mol. The van der Waals surface area contributed by atoms with Crippen LogP contribution in [0.25, 0.3) is 0 Å². The smallest absolute Gasteiger partial charge is 0.236 e. The van der Waals surface area contributed by atoms with Crippen LogP contribution < -0.4 is 11.1 Å². The van der Waals surface area contributed by atoms with Crippen molar-refractivity contribution in [3.05, 3.63) is 35.6 Å². The molecule has 0 heterocycles. The first-order chi connectivity index (χ1) is 8.56. The Kier molecular flexibility index (Phi) is 3.60. The molecule has 0 aromatic heterocycles. The van der Waals surface area contributed by atoms with Gasteiger partial charge in [0.05, 0.1) is 6.54 Å². The van der Waals surface area contributed by atoms with E-state index in [1.54, 1.807) is 6.07 Å². The molecule has 0 unspecified atom stereocenters. The van der Waals surface area contributed by atoms with E-state index < -0.39 is 5.91 Å². The molecule has 4 nitrogen and oxygen atoms in total. The number of hydrogen-bond donors (Lipinski definition) is 2. The van der Waals surface area contributed by atoms with Crippen LogP contribution in [0.3, 0.4) is 0 Å². The van der Waals surface area contributed by atoms with Gasteiger partial charge in [-0.2, -0.15) is 0 Å². The molecule has 0 saturated heterocycles. The highest BCUT2D eigenvalue weighted by Crippen LogP contribution is 2.41. The van der Waals surface area contributed by atoms with Crippen molar-refractivity contribution >= 4 is 11.8 Å². The van der Waals surface area contributed by atoms with Crippen LogP contribution in [0.15, 0.2) is 24.3 Å². The van der Waals surface area contributed by atoms with Gasteiger partial charge in [0.2, 0.25) is 11.8 Å². The number of benzene rings is 1. The number of carbonyl (C=O) groups excluding carboxylic acids is 2. The summed E-state index contributed by atoms with van der Waals surface area (Å²) in [4.78, 5) is 22.1. The number of primary amides is 1. The molecule has 18 heavy (non-hydrogen) atoms. The summed E-state index contributed by atoms with van der Waals surface area (Å²) in [7, 11) is 0. The first-order valence-corrected chi connectivity index (χ1v) is 5.87. The highest BCUT2D eigenvalue weighted by molar-refractivity contribution is 5.85. The van der Waals surface area contributed by atoms with Gasteiger partial charge < -0.3 is 11.1 Å². The van der Waals surface area contributed by atoms with E-state index in [0.29, 0.717) is 12.8 Å². The molecule has 0 aliphatic heterocycles. The van der Waals surface area contributed by atoms with Crippen LogP contribution in [0.1, 0.15) is 24.3 Å². The third kappa shape index (κ3) is 2.85. The Morgan fingerprint density at radius 2 is 2.11 bits per heavy atom. The Balaban J connectivity index is 1.83. The van der Waals surface area contributed by atoms with E-state index in [1.807, 2.05) is 6.07 Å². The fourth-order valence-electron chi connectivity index (χ4n) is 2.18. The Morgan fingerprint density at radius 1 is 1.39 bits per heavy atom. The summed E-state index contributed by atoms with van der Waals surface area (Å²) in [5.74, 6) is -0.831. The van der Waals surface area contributed by atoms with Crippen LogP contribution in [0.2, 0.25) is 0 Å². The molecule has 96 valence electrons. The minimum Gasteiger partial charge on any atom is -0.368 e. The number of amides is 2. The van der Waals surface area contributed by atoms with E-state index >= 15 is 0 Å². The summed E-state index contributed by atoms with van der Waals surface area (Å²) in [5.41, 5.74) is 5.86. The lowest BCUT2D eigenvalue weighted by Gasteiger charge is -2.34. The predicted octanol–water partition coefficient (Wildman–Crippen LogP) is 0.921. The Bertz CT molecular complexity index is 470. The van der Waals surface area contributed by atoms with Crippen LogP contribution in [0, 0.1) is 11.7 Å². The molecule has 0 spiro atoms. The van der Waals surface area contributed by atoms with Gasteiger partial charge in [0.15, 0.2) is 0 Å². The van der Waals surface area contributed by atoms with E-state index in [1.165, 1.54) is 12.1 Å². The lowest BCUT2D eigenvalue weighted by atomic mass is 9.71. The molecule has 5 heteroatoms. The molecule has 2 rings (SSSR count). The Labute approximate surface area is 104 Å². The lowest BCUT2D eigenvalue weighted by molar-refractivity contribution is -0.130. The van der Waals surface area contributed by atoms with E-state index in [-0.39, 0.29) is 30.1 Å². The molecule has 1 fully saturated rings. The number of halogens is 1. The van der Waals surface area contributed by atoms with E-state index in [4.69, 9.17) is 5.73 Å². The summed E-state index contributed by atoms with van der Waals surface area (Å²) in [5, 5.41) is 2.48. The predicted molar refractivity (Wildman–Crippen MR) is 64.1 cm³/mol. The minimum absolute atomic E-state index is 0.0994. The Hall–Kier alpha value is -1.91. The summed E-state index contributed by atoms with van der Waals surface area (Å²) >= 11 is 0. The maximum atomic E-state index is 13.0. The van der Waals surface area contributed by atoms with Crippen LogP contribution >= 0.6 is 0 Å². The maximum Gasteiger partial charge on any atom is 0.236 e. The van der Waals surface area contributed by atoms with Gasteiger partial charge in [-0.1, -0.05) is 12.1 Å². The van der Waals surface area contributed by atoms with E-state index in [2.05, 4.69) is 5.32 Å². The van der Waals surface area contributed by atoms with Gasteiger partial charge in [0.25, 0.3) is 0 Å². The lowest BCUT2D eigenvalue weighted by Crippen LogP contribution is -2.41. The maximum absolute atomic E-state index is 13.0. The number of hydrogen-bond acceptors (Lipinski definition) is 2. The molecule has 1 aliphatic rings. The molecule has 2 amide bonds. The topological polar surface area (TPSA) is 72.2 Å². The fraction of sp³-hybridized carbons (Fsp3) is 0.385. The highest BCUT2D eigenvalue weighted by Gasteiger charge is 2.35. The van der Waals surface area contributed by atoms with Gasteiger partial charge in [0, 0.05) is 5.92 Å². The first-order valence-electron chi connectivity index (χ1n) is 5.87. The number of carbonyl (C=O) groups is 2. The van der Waals surface area contributed by atoms with Crippen LogP contribution in [-0.2, 0) is 9.59 Å². The fourth-order valence-corrected chi connectivity index (χ4v) is 2.18. The first kappa shape index (κ1) is 12.5. The Morgan fingerprint density at radius 3 is 2.72 bits per heavy atom. The van der Waals surface area contributed by atoms with Gasteiger partial charge in [-0.3, -0.25) is 9.59 Å². The molecule has 1 aromatic rings. The largest absolute Gasteiger partial charge is 0.368 e. The monoisotopic (exact) mass is 250 g/mol. The van der Waals surface area contributed by atoms with Crippen molar-refractivity contribution in [2.75, 3.05) is 6.54 Å². The SMILES string of the molecule is NC(=O)CNC(=O)C1CC(c2cccc(F)c2)C1. The number of nitrogens with two attached hydrogens (primary N) is 1. The average Bonchev–Trinajstić information content (AvgIpc) is 2.24. The quantitative estimate of drug-likeness (QED) is 0.834. The average molecular weight is 250 g/mol. The minimum atomic E-state index is -0.552. The van der Waals surface area contributed by atoms with Gasteiger partial charge in [0.1, 0.15) is 5.82 Å². The molecular formula is C13H15FN2O2. The van der Waals surface area contributed by atoms with Crippen LogP contribution in [-0.4, -0.2) is 18.4 Å². The van der Waals surface area contributed by atoms with Gasteiger partial charge >= 0.3 is 0 Å². The van der Waals surface area contributed by atoms with E-state index in [9.17, 15) is 14.0 Å². The van der Waals surface area contributed by atoms with Crippen molar-refractivity contribution in [3.63, 3.8) is 0 Å². The number of rotatable bonds is 4. The summed E-state index contributed by atoms with van der Waals surface area (Å²) in [6, 6.07) is 6.44. The van der Waals surface area contributed by atoms with Crippen molar-refractivity contribution in [2.24, 2.45) is 11.7 Å². The second-order valence-corrected chi connectivity index (χ2v) is 4.60. The molecule has 1 aliphatic carbocycles. The highest BCUT2D eigenvalue weighted by atomic mass is 19.1. The van der Waals surface area contributed by atoms with Crippen LogP contribution in [0.4, 0.5) is 4.39 Å². The summed E-state index contributed by atoms with van der Waals surface area (Å²) in [6.07, 6.45) is 1.38. The zero-order valence-corrected chi connectivity index (χ0v) is 9.86. The standard InChI is InChI=1S/C13H15FN2O2/c14-11-3-1-2-8(6-11)9-4-10(5-9)13(18)16-7-12(15)17/h1-3,6,9-10H,4-5,7H2,(H2,15,17)(H,16,18). The van der Waals surface area contributed by atoms with Crippen molar-refractivity contribution in [3.8, 4) is 0 Å². The molecule has 0 bridgehead atoms. The van der Waals surface area contributed by atoms with Crippen molar-refractivity contribution in [1.29, 1.82) is 0 Å². The third-order valence-electron chi connectivity index (χ3n) is 3.27. The van der Waals surface area contributed by atoms with Gasteiger partial charge in [-0.05, 0) is 36.5 Å². The zero-order valence-electron chi connectivity index (χ0n) is 9.86. The van der Waals surface area contributed by atoms with Crippen LogP contribution in [0.5, 0.6) is 0 Å². The van der Waals surface area contributed by atoms with Crippen molar-refractivity contribution < 1.29 is 14.0 Å². The number of nitrogens with one attached hydrogen (secondary N) is 1. The second-order valence-electron chi connectivity index (χ2n) is 4.60. The van der Waals surface area contributed by atoms with Gasteiger partial charge in [-0.15, -0.1) is 0 Å². The summed E-state index contributed by atoms with van der Waals surface area (Å²) in [6.45, 7) is -0.125. The third-order valence-corrected chi connectivity index (χ3v) is 3.27. The van der Waals surface area contributed by atoms with E-state index in [0.717, 1.165) is 5.56 Å². The molecule has 0 atom stereocenters. The molecule has 1 aromatic carbocycles. The second kappa shape index (κ2) is 5.16.